The first-order chi connectivity index (χ1) is 10.1. The van der Waals surface area contributed by atoms with Crippen molar-refractivity contribution in [3.05, 3.63) is 29.8 Å². The maximum Gasteiger partial charge on any atom is 0.323 e. The monoisotopic (exact) mass is 289 g/mol. The summed E-state index contributed by atoms with van der Waals surface area (Å²) in [7, 11) is 0. The van der Waals surface area contributed by atoms with Gasteiger partial charge in [-0.3, -0.25) is 9.59 Å². The number of hydrogen-bond donors (Lipinski definition) is 1. The molecule has 0 aromatic heterocycles. The first kappa shape index (κ1) is 13.5. The number of carbonyl (C=O) groups excluding carboxylic acids is 1. The Kier molecular flexibility index (Phi) is 3.51. The van der Waals surface area contributed by atoms with Gasteiger partial charge in [0.2, 0.25) is 12.7 Å². The number of carboxylic acids is 1. The van der Waals surface area contributed by atoms with E-state index in [1.165, 1.54) is 11.0 Å². The molecule has 1 fully saturated rings. The fourth-order valence-electron chi connectivity index (χ4n) is 2.20. The summed E-state index contributed by atoms with van der Waals surface area (Å²) in [6.07, 6.45) is 4.80. The lowest BCUT2D eigenvalue weighted by Gasteiger charge is -2.17. The van der Waals surface area contributed by atoms with Gasteiger partial charge in [-0.25, -0.2) is 0 Å². The number of aliphatic carboxylic acids is 1. The summed E-state index contributed by atoms with van der Waals surface area (Å²) < 4.78 is 10.5. The van der Waals surface area contributed by atoms with Crippen LogP contribution < -0.4 is 9.47 Å². The van der Waals surface area contributed by atoms with Crippen molar-refractivity contribution >= 4 is 18.0 Å². The van der Waals surface area contributed by atoms with E-state index in [0.29, 0.717) is 11.5 Å². The van der Waals surface area contributed by atoms with Gasteiger partial charge in [0.1, 0.15) is 6.54 Å². The highest BCUT2D eigenvalue weighted by atomic mass is 16.7. The number of hydrogen-bond acceptors (Lipinski definition) is 4. The molecule has 2 aliphatic rings. The summed E-state index contributed by atoms with van der Waals surface area (Å²) in [4.78, 5) is 24.3. The van der Waals surface area contributed by atoms with E-state index in [1.54, 1.807) is 18.2 Å². The second-order valence-corrected chi connectivity index (χ2v) is 5.04. The number of rotatable bonds is 5. The van der Waals surface area contributed by atoms with E-state index in [-0.39, 0.29) is 25.3 Å². The van der Waals surface area contributed by atoms with Gasteiger partial charge in [-0.15, -0.1) is 0 Å². The van der Waals surface area contributed by atoms with Crippen molar-refractivity contribution in [2.45, 2.75) is 18.9 Å². The second-order valence-electron chi connectivity index (χ2n) is 5.04. The van der Waals surface area contributed by atoms with Crippen molar-refractivity contribution in [2.24, 2.45) is 0 Å². The molecule has 0 atom stereocenters. The zero-order valence-electron chi connectivity index (χ0n) is 11.3. The number of carbonyl (C=O) groups is 2. The number of carboxylic acid groups (broad SMARTS) is 1. The Hall–Kier alpha value is -2.50. The third kappa shape index (κ3) is 3.16. The second kappa shape index (κ2) is 5.47. The summed E-state index contributed by atoms with van der Waals surface area (Å²) in [6, 6.07) is 5.44. The van der Waals surface area contributed by atoms with E-state index in [2.05, 4.69) is 0 Å². The molecule has 0 unspecified atom stereocenters. The summed E-state index contributed by atoms with van der Waals surface area (Å²) >= 11 is 0. The maximum absolute atomic E-state index is 12.1. The van der Waals surface area contributed by atoms with Crippen LogP contribution in [0.2, 0.25) is 0 Å². The fourth-order valence-corrected chi connectivity index (χ4v) is 2.20. The van der Waals surface area contributed by atoms with Crippen molar-refractivity contribution in [3.8, 4) is 11.5 Å². The van der Waals surface area contributed by atoms with Gasteiger partial charge in [-0.1, -0.05) is 6.07 Å². The molecule has 6 heteroatoms. The van der Waals surface area contributed by atoms with Crippen molar-refractivity contribution in [1.29, 1.82) is 0 Å². The van der Waals surface area contributed by atoms with Crippen molar-refractivity contribution in [2.75, 3.05) is 13.3 Å². The minimum atomic E-state index is -0.994. The molecular formula is C15H15NO5. The summed E-state index contributed by atoms with van der Waals surface area (Å²) in [5.74, 6) is 0.0578. The van der Waals surface area contributed by atoms with Crippen molar-refractivity contribution in [3.63, 3.8) is 0 Å². The Morgan fingerprint density at radius 1 is 1.29 bits per heavy atom. The lowest BCUT2D eigenvalue weighted by molar-refractivity contribution is -0.143. The average Bonchev–Trinajstić information content (AvgIpc) is 3.19. The topological polar surface area (TPSA) is 76.1 Å². The quantitative estimate of drug-likeness (QED) is 0.831. The molecule has 0 spiro atoms. The van der Waals surface area contributed by atoms with E-state index in [4.69, 9.17) is 14.6 Å². The van der Waals surface area contributed by atoms with E-state index in [0.717, 1.165) is 18.4 Å². The lowest BCUT2D eigenvalue weighted by atomic mass is 10.2. The van der Waals surface area contributed by atoms with Gasteiger partial charge in [-0.2, -0.15) is 0 Å². The molecule has 110 valence electrons. The molecule has 0 bridgehead atoms. The summed E-state index contributed by atoms with van der Waals surface area (Å²) in [5.41, 5.74) is 0.804. The molecule has 1 aromatic carbocycles. The van der Waals surface area contributed by atoms with Crippen LogP contribution in [0.3, 0.4) is 0 Å². The van der Waals surface area contributed by atoms with Crippen LogP contribution in [-0.4, -0.2) is 41.3 Å². The van der Waals surface area contributed by atoms with Gasteiger partial charge in [0.15, 0.2) is 11.5 Å². The molecule has 1 N–H and O–H groups in total. The number of amides is 1. The normalized spacial score (nSPS) is 16.2. The van der Waals surface area contributed by atoms with Gasteiger partial charge in [0.25, 0.3) is 0 Å². The molecular weight excluding hydrogens is 274 g/mol. The van der Waals surface area contributed by atoms with Gasteiger partial charge < -0.3 is 19.5 Å². The number of ether oxygens (including phenoxy) is 2. The molecule has 1 amide bonds. The Balaban J connectivity index is 1.69. The zero-order valence-corrected chi connectivity index (χ0v) is 11.3. The largest absolute Gasteiger partial charge is 0.480 e. The molecule has 21 heavy (non-hydrogen) atoms. The molecule has 3 rings (SSSR count). The minimum Gasteiger partial charge on any atom is -0.480 e. The summed E-state index contributed by atoms with van der Waals surface area (Å²) in [6.45, 7) is -0.0511. The SMILES string of the molecule is O=C(O)CN(C(=O)C=Cc1ccc2c(c1)OCO2)C1CC1. The Morgan fingerprint density at radius 3 is 2.76 bits per heavy atom. The maximum atomic E-state index is 12.1. The predicted octanol–water partition coefficient (Wildman–Crippen LogP) is 1.50. The van der Waals surface area contributed by atoms with E-state index < -0.39 is 5.97 Å². The van der Waals surface area contributed by atoms with Crippen LogP contribution in [0.4, 0.5) is 0 Å². The Labute approximate surface area is 121 Å². The molecule has 1 aliphatic carbocycles. The van der Waals surface area contributed by atoms with Crippen LogP contribution in [0.1, 0.15) is 18.4 Å². The highest BCUT2D eigenvalue weighted by Gasteiger charge is 2.32. The van der Waals surface area contributed by atoms with E-state index in [1.807, 2.05) is 6.07 Å². The highest BCUT2D eigenvalue weighted by Crippen LogP contribution is 2.33. The summed E-state index contributed by atoms with van der Waals surface area (Å²) in [5, 5.41) is 8.85. The number of benzene rings is 1. The Bertz CT molecular complexity index is 606. The molecule has 1 heterocycles. The third-order valence-electron chi connectivity index (χ3n) is 3.39. The molecule has 0 saturated heterocycles. The standard InChI is InChI=1S/C15H15NO5/c17-14(16(8-15(18)19)11-3-4-11)6-2-10-1-5-12-13(7-10)21-9-20-12/h1-2,5-7,11H,3-4,8-9H2,(H,18,19). The van der Waals surface area contributed by atoms with Gasteiger partial charge in [0, 0.05) is 12.1 Å². The van der Waals surface area contributed by atoms with Gasteiger partial charge in [0.05, 0.1) is 0 Å². The zero-order chi connectivity index (χ0) is 14.8. The first-order valence-electron chi connectivity index (χ1n) is 6.73. The molecule has 1 saturated carbocycles. The van der Waals surface area contributed by atoms with Crippen LogP contribution in [0.25, 0.3) is 6.08 Å². The predicted molar refractivity (Wildman–Crippen MR) is 74.0 cm³/mol. The molecule has 1 aromatic rings. The highest BCUT2D eigenvalue weighted by molar-refractivity contribution is 5.94. The van der Waals surface area contributed by atoms with Crippen LogP contribution in [0.5, 0.6) is 11.5 Å². The molecule has 0 radical (unpaired) electrons. The number of nitrogens with zero attached hydrogens (tertiary/aromatic N) is 1. The average molecular weight is 289 g/mol. The van der Waals surface area contributed by atoms with E-state index >= 15 is 0 Å². The lowest BCUT2D eigenvalue weighted by Crippen LogP contribution is -2.36. The van der Waals surface area contributed by atoms with Crippen LogP contribution in [0, 0.1) is 0 Å². The molecule has 1 aliphatic heterocycles. The fraction of sp³-hybridized carbons (Fsp3) is 0.333. The van der Waals surface area contributed by atoms with Gasteiger partial charge >= 0.3 is 5.97 Å². The van der Waals surface area contributed by atoms with Crippen LogP contribution >= 0.6 is 0 Å². The molecule has 6 nitrogen and oxygen atoms in total. The third-order valence-corrected chi connectivity index (χ3v) is 3.39. The van der Waals surface area contributed by atoms with E-state index in [9.17, 15) is 9.59 Å². The van der Waals surface area contributed by atoms with Gasteiger partial charge in [-0.05, 0) is 36.6 Å². The Morgan fingerprint density at radius 2 is 2.05 bits per heavy atom. The minimum absolute atomic E-state index is 0.0648. The number of fused-ring (bicyclic) bond motifs is 1. The van der Waals surface area contributed by atoms with Crippen LogP contribution in [0.15, 0.2) is 24.3 Å². The van der Waals surface area contributed by atoms with Crippen molar-refractivity contribution in [1.82, 2.24) is 4.90 Å². The van der Waals surface area contributed by atoms with Crippen LogP contribution in [-0.2, 0) is 9.59 Å². The smallest absolute Gasteiger partial charge is 0.323 e. The first-order valence-corrected chi connectivity index (χ1v) is 6.73. The van der Waals surface area contributed by atoms with Crippen molar-refractivity contribution < 1.29 is 24.2 Å².